The number of nitrogens with two attached hydrogens (primary N) is 3. The van der Waals surface area contributed by atoms with Crippen molar-refractivity contribution < 1.29 is 14.4 Å². The van der Waals surface area contributed by atoms with E-state index in [1.807, 2.05) is 31.2 Å². The Morgan fingerprint density at radius 2 is 1.93 bits per heavy atom. The molecule has 0 saturated carbocycles. The Kier molecular flexibility index (Phi) is 7.53. The minimum Gasteiger partial charge on any atom is -0.368 e. The van der Waals surface area contributed by atoms with Crippen molar-refractivity contribution in [2.24, 2.45) is 17.2 Å². The average Bonchev–Trinajstić information content (AvgIpc) is 2.67. The molecule has 8 nitrogen and oxygen atoms in total. The van der Waals surface area contributed by atoms with Gasteiger partial charge in [-0.05, 0) is 44.4 Å². The van der Waals surface area contributed by atoms with E-state index >= 15 is 0 Å². The highest BCUT2D eigenvalue weighted by molar-refractivity contribution is 5.93. The van der Waals surface area contributed by atoms with Crippen molar-refractivity contribution in [2.45, 2.75) is 63.7 Å². The van der Waals surface area contributed by atoms with Crippen LogP contribution >= 0.6 is 0 Å². The first-order chi connectivity index (χ1) is 13.3. The minimum atomic E-state index is -0.824. The van der Waals surface area contributed by atoms with Crippen LogP contribution in [0.4, 0.5) is 0 Å². The molecule has 0 fully saturated rings. The van der Waals surface area contributed by atoms with Crippen LogP contribution in [-0.4, -0.2) is 47.3 Å². The van der Waals surface area contributed by atoms with E-state index in [1.165, 1.54) is 6.92 Å². The molecule has 1 unspecified atom stereocenters. The standard InChI is InChI=1S/C20H31N5O3/c1-12(18(23)26)24-19(27)17-11-14-7-3-4-8-15(14)13(2)25(17)20(28)16(22)9-5-6-10-21/h3-4,7-8,12-13,16-17H,5-6,9-11,21-22H2,1-2H3,(H2,23,26)(H,24,27)/t12-,13?,16-,17-/m0/s1. The molecule has 28 heavy (non-hydrogen) atoms. The van der Waals surface area contributed by atoms with Gasteiger partial charge in [0.2, 0.25) is 17.7 Å². The number of fused-ring (bicyclic) bond motifs is 1. The van der Waals surface area contributed by atoms with Crippen molar-refractivity contribution in [3.63, 3.8) is 0 Å². The van der Waals surface area contributed by atoms with Gasteiger partial charge in [-0.1, -0.05) is 30.7 Å². The topological polar surface area (TPSA) is 145 Å². The largest absolute Gasteiger partial charge is 0.368 e. The molecular weight excluding hydrogens is 358 g/mol. The molecule has 1 aliphatic heterocycles. The maximum atomic E-state index is 13.1. The number of carbonyl (C=O) groups is 3. The van der Waals surface area contributed by atoms with Crippen LogP contribution in [-0.2, 0) is 20.8 Å². The zero-order valence-corrected chi connectivity index (χ0v) is 16.6. The van der Waals surface area contributed by atoms with Crippen LogP contribution < -0.4 is 22.5 Å². The Morgan fingerprint density at radius 1 is 1.25 bits per heavy atom. The van der Waals surface area contributed by atoms with Gasteiger partial charge in [-0.15, -0.1) is 0 Å². The smallest absolute Gasteiger partial charge is 0.243 e. The van der Waals surface area contributed by atoms with Crippen molar-refractivity contribution in [3.05, 3.63) is 35.4 Å². The van der Waals surface area contributed by atoms with Crippen LogP contribution in [0.2, 0.25) is 0 Å². The molecular formula is C20H31N5O3. The summed E-state index contributed by atoms with van der Waals surface area (Å²) in [5.41, 5.74) is 18.9. The first kappa shape index (κ1) is 21.8. The normalized spacial score (nSPS) is 20.8. The number of nitrogens with one attached hydrogen (secondary N) is 1. The van der Waals surface area contributed by atoms with Crippen molar-refractivity contribution in [3.8, 4) is 0 Å². The zero-order chi connectivity index (χ0) is 20.8. The summed E-state index contributed by atoms with van der Waals surface area (Å²) in [6.07, 6.45) is 2.41. The molecule has 4 atom stereocenters. The molecule has 1 aromatic carbocycles. The summed E-state index contributed by atoms with van der Waals surface area (Å²) in [7, 11) is 0. The Balaban J connectivity index is 2.29. The molecule has 0 saturated heterocycles. The fraction of sp³-hybridized carbons (Fsp3) is 0.550. The van der Waals surface area contributed by atoms with E-state index in [2.05, 4.69) is 5.32 Å². The molecule has 0 spiro atoms. The Hall–Kier alpha value is -2.45. The fourth-order valence-corrected chi connectivity index (χ4v) is 3.62. The summed E-state index contributed by atoms with van der Waals surface area (Å²) in [6, 6.07) is 5.14. The predicted molar refractivity (Wildman–Crippen MR) is 107 cm³/mol. The molecule has 1 heterocycles. The van der Waals surface area contributed by atoms with Gasteiger partial charge >= 0.3 is 0 Å². The van der Waals surface area contributed by atoms with Gasteiger partial charge in [0.1, 0.15) is 12.1 Å². The highest BCUT2D eigenvalue weighted by atomic mass is 16.2. The lowest BCUT2D eigenvalue weighted by Gasteiger charge is -2.42. The molecule has 1 aliphatic rings. The summed E-state index contributed by atoms with van der Waals surface area (Å²) in [4.78, 5) is 38.9. The van der Waals surface area contributed by atoms with Crippen molar-refractivity contribution >= 4 is 17.7 Å². The second-order valence-corrected chi connectivity index (χ2v) is 7.36. The molecule has 1 aromatic rings. The van der Waals surface area contributed by atoms with E-state index in [4.69, 9.17) is 17.2 Å². The molecule has 154 valence electrons. The second kappa shape index (κ2) is 9.66. The maximum absolute atomic E-state index is 13.1. The van der Waals surface area contributed by atoms with E-state index in [0.717, 1.165) is 24.0 Å². The van der Waals surface area contributed by atoms with E-state index in [9.17, 15) is 14.4 Å². The third-order valence-electron chi connectivity index (χ3n) is 5.30. The first-order valence-corrected chi connectivity index (χ1v) is 9.73. The number of carbonyl (C=O) groups excluding carboxylic acids is 3. The first-order valence-electron chi connectivity index (χ1n) is 9.73. The number of rotatable bonds is 8. The fourth-order valence-electron chi connectivity index (χ4n) is 3.62. The van der Waals surface area contributed by atoms with Gasteiger partial charge in [-0.2, -0.15) is 0 Å². The number of primary amides is 1. The Morgan fingerprint density at radius 3 is 2.57 bits per heavy atom. The quantitative estimate of drug-likeness (QED) is 0.461. The summed E-state index contributed by atoms with van der Waals surface area (Å²) in [5, 5.41) is 2.61. The van der Waals surface area contributed by atoms with Crippen molar-refractivity contribution in [1.29, 1.82) is 0 Å². The van der Waals surface area contributed by atoms with Gasteiger partial charge in [0.05, 0.1) is 12.1 Å². The lowest BCUT2D eigenvalue weighted by molar-refractivity contribution is -0.145. The highest BCUT2D eigenvalue weighted by Crippen LogP contribution is 2.33. The summed E-state index contributed by atoms with van der Waals surface area (Å²) >= 11 is 0. The Labute approximate surface area is 165 Å². The molecule has 7 N–H and O–H groups in total. The lowest BCUT2D eigenvalue weighted by Crippen LogP contribution is -2.59. The molecule has 2 rings (SSSR count). The molecule has 8 heteroatoms. The van der Waals surface area contributed by atoms with E-state index in [1.54, 1.807) is 4.90 Å². The number of nitrogens with zero attached hydrogens (tertiary/aromatic N) is 1. The van der Waals surface area contributed by atoms with E-state index in [-0.39, 0.29) is 11.9 Å². The molecule has 0 bridgehead atoms. The predicted octanol–water partition coefficient (Wildman–Crippen LogP) is -0.0528. The highest BCUT2D eigenvalue weighted by Gasteiger charge is 2.40. The lowest BCUT2D eigenvalue weighted by atomic mass is 9.87. The molecule has 0 aromatic heterocycles. The maximum Gasteiger partial charge on any atom is 0.243 e. The SMILES string of the molecule is CC1c2ccccc2C[C@@H](C(=O)N[C@@H](C)C(N)=O)N1C(=O)[C@@H](N)CCCCN. The van der Waals surface area contributed by atoms with Crippen LogP contribution in [0.1, 0.15) is 50.3 Å². The van der Waals surface area contributed by atoms with Crippen LogP contribution in [0, 0.1) is 0 Å². The third kappa shape index (κ3) is 4.88. The summed E-state index contributed by atoms with van der Waals surface area (Å²) in [5.74, 6) is -1.31. The van der Waals surface area contributed by atoms with Crippen LogP contribution in [0.5, 0.6) is 0 Å². The number of hydrogen-bond acceptors (Lipinski definition) is 5. The summed E-state index contributed by atoms with van der Waals surface area (Å²) < 4.78 is 0. The second-order valence-electron chi connectivity index (χ2n) is 7.36. The van der Waals surface area contributed by atoms with E-state index < -0.39 is 29.9 Å². The minimum absolute atomic E-state index is 0.272. The van der Waals surface area contributed by atoms with Gasteiger partial charge in [0, 0.05) is 6.42 Å². The molecule has 0 aliphatic carbocycles. The Bertz CT molecular complexity index is 724. The number of amides is 3. The number of benzene rings is 1. The van der Waals surface area contributed by atoms with Gasteiger partial charge in [0.25, 0.3) is 0 Å². The monoisotopic (exact) mass is 389 g/mol. The van der Waals surface area contributed by atoms with Crippen LogP contribution in [0.25, 0.3) is 0 Å². The van der Waals surface area contributed by atoms with Gasteiger partial charge < -0.3 is 27.4 Å². The van der Waals surface area contributed by atoms with Crippen molar-refractivity contribution in [1.82, 2.24) is 10.2 Å². The van der Waals surface area contributed by atoms with Gasteiger partial charge in [-0.25, -0.2) is 0 Å². The van der Waals surface area contributed by atoms with Gasteiger partial charge in [0.15, 0.2) is 0 Å². The van der Waals surface area contributed by atoms with Crippen LogP contribution in [0.15, 0.2) is 24.3 Å². The summed E-state index contributed by atoms with van der Waals surface area (Å²) in [6.45, 7) is 3.95. The number of hydrogen-bond donors (Lipinski definition) is 4. The van der Waals surface area contributed by atoms with Crippen LogP contribution in [0.3, 0.4) is 0 Å². The molecule has 0 radical (unpaired) electrons. The van der Waals surface area contributed by atoms with Gasteiger partial charge in [-0.3, -0.25) is 14.4 Å². The molecule has 3 amide bonds. The van der Waals surface area contributed by atoms with E-state index in [0.29, 0.717) is 19.4 Å². The van der Waals surface area contributed by atoms with Crippen molar-refractivity contribution in [2.75, 3.05) is 6.54 Å². The third-order valence-corrected chi connectivity index (χ3v) is 5.30. The average molecular weight is 390 g/mol. The number of unbranched alkanes of at least 4 members (excludes halogenated alkanes) is 1. The zero-order valence-electron chi connectivity index (χ0n) is 16.6.